The fourth-order valence-corrected chi connectivity index (χ4v) is 1.39. The van der Waals surface area contributed by atoms with E-state index in [1.807, 2.05) is 0 Å². The maximum Gasteiger partial charge on any atom is 0.225 e. The third-order valence-corrected chi connectivity index (χ3v) is 2.33. The molecule has 4 nitrogen and oxygen atoms in total. The summed E-state index contributed by atoms with van der Waals surface area (Å²) in [4.78, 5) is 11.5. The average Bonchev–Trinajstić information content (AvgIpc) is 2.26. The van der Waals surface area contributed by atoms with Gasteiger partial charge in [0.2, 0.25) is 5.91 Å². The zero-order valence-electron chi connectivity index (χ0n) is 8.45. The van der Waals surface area contributed by atoms with Crippen LogP contribution < -0.4 is 5.32 Å². The standard InChI is InChI=1S/C10H16N2O2/c1-8(5-11)6-12-10(13)9-3-2-4-14-7-9/h8-9H,2-4,6-7H2,1H3,(H,12,13). The van der Waals surface area contributed by atoms with Crippen molar-refractivity contribution < 1.29 is 9.53 Å². The van der Waals surface area contributed by atoms with Gasteiger partial charge in [-0.1, -0.05) is 0 Å². The highest BCUT2D eigenvalue weighted by Gasteiger charge is 2.21. The highest BCUT2D eigenvalue weighted by molar-refractivity contribution is 5.78. The average molecular weight is 196 g/mol. The van der Waals surface area contributed by atoms with Crippen molar-refractivity contribution >= 4 is 5.91 Å². The van der Waals surface area contributed by atoms with Gasteiger partial charge < -0.3 is 10.1 Å². The Labute approximate surface area is 84.2 Å². The van der Waals surface area contributed by atoms with Crippen molar-refractivity contribution in [3.05, 3.63) is 0 Å². The molecule has 1 rings (SSSR count). The van der Waals surface area contributed by atoms with Gasteiger partial charge in [-0.05, 0) is 19.8 Å². The van der Waals surface area contributed by atoms with Crippen LogP contribution in [0.2, 0.25) is 0 Å². The maximum absolute atomic E-state index is 11.5. The highest BCUT2D eigenvalue weighted by atomic mass is 16.5. The number of ether oxygens (including phenoxy) is 1. The van der Waals surface area contributed by atoms with E-state index in [-0.39, 0.29) is 17.7 Å². The zero-order valence-corrected chi connectivity index (χ0v) is 8.45. The molecule has 78 valence electrons. The largest absolute Gasteiger partial charge is 0.381 e. The van der Waals surface area contributed by atoms with Crippen molar-refractivity contribution in [3.8, 4) is 6.07 Å². The summed E-state index contributed by atoms with van der Waals surface area (Å²) in [5.74, 6) is -0.120. The molecule has 0 saturated carbocycles. The van der Waals surface area contributed by atoms with Crippen molar-refractivity contribution in [1.29, 1.82) is 5.26 Å². The molecular formula is C10H16N2O2. The lowest BCUT2D eigenvalue weighted by Gasteiger charge is -2.21. The Kier molecular flexibility index (Phi) is 4.41. The van der Waals surface area contributed by atoms with Gasteiger partial charge in [-0.25, -0.2) is 0 Å². The fourth-order valence-electron chi connectivity index (χ4n) is 1.39. The molecule has 0 spiro atoms. The molecule has 1 heterocycles. The van der Waals surface area contributed by atoms with Crippen LogP contribution in [0.4, 0.5) is 0 Å². The molecule has 1 aliphatic rings. The van der Waals surface area contributed by atoms with Gasteiger partial charge in [-0.3, -0.25) is 4.79 Å². The Morgan fingerprint density at radius 3 is 3.14 bits per heavy atom. The molecule has 0 aromatic carbocycles. The Morgan fingerprint density at radius 2 is 2.57 bits per heavy atom. The maximum atomic E-state index is 11.5. The van der Waals surface area contributed by atoms with E-state index in [2.05, 4.69) is 11.4 Å². The molecule has 1 amide bonds. The number of amides is 1. The second kappa shape index (κ2) is 5.61. The Morgan fingerprint density at radius 1 is 1.79 bits per heavy atom. The van der Waals surface area contributed by atoms with Crippen LogP contribution in [0.3, 0.4) is 0 Å². The number of hydrogen-bond donors (Lipinski definition) is 1. The SMILES string of the molecule is CC(C#N)CNC(=O)C1CCCOC1. The highest BCUT2D eigenvalue weighted by Crippen LogP contribution is 2.13. The minimum atomic E-state index is -0.122. The fraction of sp³-hybridized carbons (Fsp3) is 0.800. The minimum Gasteiger partial charge on any atom is -0.381 e. The van der Waals surface area contributed by atoms with E-state index in [1.54, 1.807) is 6.92 Å². The van der Waals surface area contributed by atoms with Crippen LogP contribution in [-0.4, -0.2) is 25.7 Å². The lowest BCUT2D eigenvalue weighted by Crippen LogP contribution is -2.37. The molecule has 0 aromatic rings. The van der Waals surface area contributed by atoms with Crippen LogP contribution in [0.1, 0.15) is 19.8 Å². The molecule has 1 fully saturated rings. The Balaban J connectivity index is 2.24. The molecule has 0 aliphatic carbocycles. The van der Waals surface area contributed by atoms with E-state index in [0.29, 0.717) is 13.2 Å². The van der Waals surface area contributed by atoms with Gasteiger partial charge in [0.15, 0.2) is 0 Å². The zero-order chi connectivity index (χ0) is 10.4. The first-order chi connectivity index (χ1) is 6.74. The lowest BCUT2D eigenvalue weighted by molar-refractivity contribution is -0.129. The van der Waals surface area contributed by atoms with E-state index in [4.69, 9.17) is 10.00 Å². The van der Waals surface area contributed by atoms with Crippen LogP contribution in [0.15, 0.2) is 0 Å². The first-order valence-electron chi connectivity index (χ1n) is 4.99. The molecule has 0 radical (unpaired) electrons. The molecule has 4 heteroatoms. The first kappa shape index (κ1) is 11.0. The number of nitriles is 1. The van der Waals surface area contributed by atoms with Gasteiger partial charge >= 0.3 is 0 Å². The summed E-state index contributed by atoms with van der Waals surface area (Å²) in [5.41, 5.74) is 0. The van der Waals surface area contributed by atoms with Crippen LogP contribution in [0, 0.1) is 23.2 Å². The topological polar surface area (TPSA) is 62.1 Å². The van der Waals surface area contributed by atoms with Gasteiger partial charge in [-0.15, -0.1) is 0 Å². The quantitative estimate of drug-likeness (QED) is 0.722. The third-order valence-electron chi connectivity index (χ3n) is 2.33. The number of rotatable bonds is 3. The third kappa shape index (κ3) is 3.35. The monoisotopic (exact) mass is 196 g/mol. The molecule has 0 aromatic heterocycles. The number of nitrogens with one attached hydrogen (secondary N) is 1. The summed E-state index contributed by atoms with van der Waals surface area (Å²) in [5, 5.41) is 11.3. The van der Waals surface area contributed by atoms with Gasteiger partial charge in [0.1, 0.15) is 0 Å². The van der Waals surface area contributed by atoms with Crippen molar-refractivity contribution in [3.63, 3.8) is 0 Å². The minimum absolute atomic E-state index is 0.0188. The van der Waals surface area contributed by atoms with Crippen LogP contribution in [0.5, 0.6) is 0 Å². The molecule has 1 saturated heterocycles. The summed E-state index contributed by atoms with van der Waals surface area (Å²) in [6, 6.07) is 2.08. The molecular weight excluding hydrogens is 180 g/mol. The molecule has 1 N–H and O–H groups in total. The van der Waals surface area contributed by atoms with Gasteiger partial charge in [0.25, 0.3) is 0 Å². The van der Waals surface area contributed by atoms with Crippen LogP contribution in [-0.2, 0) is 9.53 Å². The number of carbonyl (C=O) groups excluding carboxylic acids is 1. The normalized spacial score (nSPS) is 23.6. The Hall–Kier alpha value is -1.08. The first-order valence-corrected chi connectivity index (χ1v) is 4.99. The van der Waals surface area contributed by atoms with E-state index < -0.39 is 0 Å². The summed E-state index contributed by atoms with van der Waals surface area (Å²) in [6.07, 6.45) is 1.85. The van der Waals surface area contributed by atoms with Crippen LogP contribution in [0.25, 0.3) is 0 Å². The smallest absolute Gasteiger partial charge is 0.225 e. The molecule has 2 unspecified atom stereocenters. The number of nitrogens with zero attached hydrogens (tertiary/aromatic N) is 1. The predicted octanol–water partition coefficient (Wildman–Crippen LogP) is 0.689. The molecule has 1 aliphatic heterocycles. The van der Waals surface area contributed by atoms with Gasteiger partial charge in [-0.2, -0.15) is 5.26 Å². The van der Waals surface area contributed by atoms with E-state index >= 15 is 0 Å². The number of carbonyl (C=O) groups is 1. The second-order valence-electron chi connectivity index (χ2n) is 3.69. The summed E-state index contributed by atoms with van der Waals surface area (Å²) >= 11 is 0. The molecule has 14 heavy (non-hydrogen) atoms. The Bertz CT molecular complexity index is 229. The van der Waals surface area contributed by atoms with Crippen molar-refractivity contribution in [1.82, 2.24) is 5.32 Å². The summed E-state index contributed by atoms with van der Waals surface area (Å²) in [7, 11) is 0. The molecule has 2 atom stereocenters. The predicted molar refractivity (Wildman–Crippen MR) is 51.3 cm³/mol. The van der Waals surface area contributed by atoms with Crippen molar-refractivity contribution in [2.24, 2.45) is 11.8 Å². The van der Waals surface area contributed by atoms with E-state index in [9.17, 15) is 4.79 Å². The molecule has 0 bridgehead atoms. The van der Waals surface area contributed by atoms with Crippen LogP contribution >= 0.6 is 0 Å². The van der Waals surface area contributed by atoms with E-state index in [1.165, 1.54) is 0 Å². The second-order valence-corrected chi connectivity index (χ2v) is 3.69. The van der Waals surface area contributed by atoms with Crippen molar-refractivity contribution in [2.45, 2.75) is 19.8 Å². The summed E-state index contributed by atoms with van der Waals surface area (Å²) < 4.78 is 5.21. The van der Waals surface area contributed by atoms with Gasteiger partial charge in [0, 0.05) is 13.2 Å². The summed E-state index contributed by atoms with van der Waals surface area (Å²) in [6.45, 7) is 3.51. The lowest BCUT2D eigenvalue weighted by atomic mass is 10.0. The van der Waals surface area contributed by atoms with Gasteiger partial charge in [0.05, 0.1) is 24.5 Å². The number of hydrogen-bond acceptors (Lipinski definition) is 3. The van der Waals surface area contributed by atoms with Crippen molar-refractivity contribution in [2.75, 3.05) is 19.8 Å². The van der Waals surface area contributed by atoms with E-state index in [0.717, 1.165) is 19.4 Å².